The van der Waals surface area contributed by atoms with Gasteiger partial charge in [-0.25, -0.2) is 19.3 Å². The van der Waals surface area contributed by atoms with Crippen molar-refractivity contribution >= 4 is 41.7 Å². The molecule has 1 rings (SSSR count). The van der Waals surface area contributed by atoms with E-state index >= 15 is 0 Å². The molecular formula is C29H51N7O8. The maximum absolute atomic E-state index is 13.4. The van der Waals surface area contributed by atoms with Gasteiger partial charge in [0.25, 0.3) is 5.91 Å². The molecule has 0 aromatic carbocycles. The van der Waals surface area contributed by atoms with Crippen LogP contribution in [0.25, 0.3) is 0 Å². The molecule has 0 aliphatic carbocycles. The van der Waals surface area contributed by atoms with E-state index in [9.17, 15) is 33.6 Å². The summed E-state index contributed by atoms with van der Waals surface area (Å²) in [5.41, 5.74) is 5.48. The van der Waals surface area contributed by atoms with E-state index in [4.69, 9.17) is 10.5 Å². The van der Waals surface area contributed by atoms with E-state index in [1.807, 2.05) is 34.6 Å². The molecule has 15 heteroatoms. The van der Waals surface area contributed by atoms with Crippen LogP contribution in [0.5, 0.6) is 0 Å². The summed E-state index contributed by atoms with van der Waals surface area (Å²) in [4.78, 5) is 93.7. The second kappa shape index (κ2) is 16.9. The highest BCUT2D eigenvalue weighted by Gasteiger charge is 2.43. The minimum absolute atomic E-state index is 0.0730. The first-order valence-electron chi connectivity index (χ1n) is 14.9. The van der Waals surface area contributed by atoms with E-state index in [1.54, 1.807) is 0 Å². The zero-order valence-corrected chi connectivity index (χ0v) is 27.7. The summed E-state index contributed by atoms with van der Waals surface area (Å²) in [7, 11) is 5.17. The van der Waals surface area contributed by atoms with Crippen LogP contribution in [0.3, 0.4) is 0 Å². The Morgan fingerprint density at radius 2 is 1.45 bits per heavy atom. The van der Waals surface area contributed by atoms with Crippen LogP contribution in [0, 0.1) is 17.8 Å². The lowest BCUT2D eigenvalue weighted by atomic mass is 9.96. The average molecular weight is 626 g/mol. The van der Waals surface area contributed by atoms with Crippen LogP contribution in [0.1, 0.15) is 67.2 Å². The van der Waals surface area contributed by atoms with Crippen LogP contribution in [0.2, 0.25) is 0 Å². The largest absolute Gasteiger partial charge is 0.375 e. The third-order valence-corrected chi connectivity index (χ3v) is 7.71. The lowest BCUT2D eigenvalue weighted by Gasteiger charge is -2.35. The van der Waals surface area contributed by atoms with Crippen LogP contribution in [0.4, 0.5) is 14.4 Å². The molecule has 15 nitrogen and oxygen atoms in total. The maximum Gasteiger partial charge on any atom is 0.334 e. The topological polar surface area (TPSA) is 192 Å². The summed E-state index contributed by atoms with van der Waals surface area (Å²) >= 11 is 0. The highest BCUT2D eigenvalue weighted by atomic mass is 16.5. The molecule has 44 heavy (non-hydrogen) atoms. The van der Waals surface area contributed by atoms with Gasteiger partial charge < -0.3 is 25.6 Å². The Labute approximate surface area is 260 Å². The van der Waals surface area contributed by atoms with Gasteiger partial charge in [0.15, 0.2) is 0 Å². The van der Waals surface area contributed by atoms with Gasteiger partial charge in [-0.15, -0.1) is 0 Å². The highest BCUT2D eigenvalue weighted by molar-refractivity contribution is 6.04. The number of carbonyl (C=O) groups excluding carboxylic acids is 7. The molecule has 0 aromatic heterocycles. The van der Waals surface area contributed by atoms with Crippen LogP contribution < -0.4 is 16.4 Å². The Kier molecular flexibility index (Phi) is 14.7. The van der Waals surface area contributed by atoms with E-state index in [0.29, 0.717) is 25.9 Å². The summed E-state index contributed by atoms with van der Waals surface area (Å²) in [6.07, 6.45) is 0.820. The van der Waals surface area contributed by atoms with E-state index in [1.165, 1.54) is 35.1 Å². The molecule has 0 spiro atoms. The Hall–Kier alpha value is -3.75. The number of hydrogen-bond donors (Lipinski definition) is 3. The first-order valence-corrected chi connectivity index (χ1v) is 14.9. The number of urea groups is 3. The smallest absolute Gasteiger partial charge is 0.334 e. The molecule has 1 aliphatic rings. The molecule has 1 aliphatic heterocycles. The molecule has 10 amide bonds. The average Bonchev–Trinajstić information content (AvgIpc) is 3.36. The summed E-state index contributed by atoms with van der Waals surface area (Å²) < 4.78 is 5.75. The number of likely N-dealkylation sites (N-methyl/N-ethyl adjacent to an activating group) is 2. The molecule has 250 valence electrons. The molecule has 0 radical (unpaired) electrons. The van der Waals surface area contributed by atoms with Gasteiger partial charge in [-0.2, -0.15) is 0 Å². The minimum Gasteiger partial charge on any atom is -0.375 e. The molecular weight excluding hydrogens is 574 g/mol. The second-order valence-electron chi connectivity index (χ2n) is 12.3. The van der Waals surface area contributed by atoms with Crippen molar-refractivity contribution in [1.29, 1.82) is 0 Å². The number of primary amides is 1. The molecule has 0 aromatic rings. The fourth-order valence-electron chi connectivity index (χ4n) is 4.87. The molecule has 5 atom stereocenters. The second-order valence-corrected chi connectivity index (χ2v) is 12.3. The zero-order chi connectivity index (χ0) is 34.0. The van der Waals surface area contributed by atoms with Crippen LogP contribution in [-0.2, 0) is 23.9 Å². The number of hydrogen-bond acceptors (Lipinski definition) is 8. The van der Waals surface area contributed by atoms with E-state index < -0.39 is 66.0 Å². The van der Waals surface area contributed by atoms with E-state index in [0.717, 1.165) is 19.6 Å². The molecule has 0 unspecified atom stereocenters. The summed E-state index contributed by atoms with van der Waals surface area (Å²) in [6, 6.07) is -6.13. The van der Waals surface area contributed by atoms with Gasteiger partial charge in [-0.3, -0.25) is 29.4 Å². The number of nitrogens with zero attached hydrogens (tertiary/aromatic N) is 4. The van der Waals surface area contributed by atoms with Crippen molar-refractivity contribution in [1.82, 2.24) is 30.2 Å². The van der Waals surface area contributed by atoms with Crippen molar-refractivity contribution in [3.8, 4) is 0 Å². The molecule has 0 bridgehead atoms. The summed E-state index contributed by atoms with van der Waals surface area (Å²) in [6.45, 7) is 11.2. The third-order valence-electron chi connectivity index (χ3n) is 7.71. The van der Waals surface area contributed by atoms with Gasteiger partial charge in [-0.05, 0) is 43.9 Å². The minimum atomic E-state index is -1.33. The van der Waals surface area contributed by atoms with Gasteiger partial charge in [0.1, 0.15) is 18.1 Å². The lowest BCUT2D eigenvalue weighted by Crippen LogP contribution is -2.61. The Bertz CT molecular complexity index is 1080. The molecule has 1 saturated heterocycles. The zero-order valence-electron chi connectivity index (χ0n) is 27.7. The predicted molar refractivity (Wildman–Crippen MR) is 162 cm³/mol. The lowest BCUT2D eigenvalue weighted by molar-refractivity contribution is -0.139. The van der Waals surface area contributed by atoms with Crippen LogP contribution in [0.15, 0.2) is 0 Å². The van der Waals surface area contributed by atoms with Crippen LogP contribution >= 0.6 is 0 Å². The SMILES string of the molecule is CC(C)CCC(=O)N(C)C(=O)N(C)C(=O)N(C)[C@H](C(=O)NC(=O)N[C@H](C)C(=O)N(C)[C@@H](CC(C)C)C(N)=O)[C@@H]1OCC[C@H]1C. The van der Waals surface area contributed by atoms with Crippen molar-refractivity contribution in [3.63, 3.8) is 0 Å². The van der Waals surface area contributed by atoms with Crippen molar-refractivity contribution in [2.75, 3.05) is 34.8 Å². The first kappa shape index (κ1) is 38.3. The number of nitrogens with two attached hydrogens (primary N) is 1. The maximum atomic E-state index is 13.4. The van der Waals surface area contributed by atoms with Gasteiger partial charge in [0, 0.05) is 41.2 Å². The number of rotatable bonds is 12. The van der Waals surface area contributed by atoms with Crippen molar-refractivity contribution in [3.05, 3.63) is 0 Å². The van der Waals surface area contributed by atoms with Crippen molar-refractivity contribution < 1.29 is 38.3 Å². The monoisotopic (exact) mass is 625 g/mol. The highest BCUT2D eigenvalue weighted by Crippen LogP contribution is 2.26. The first-order chi connectivity index (χ1) is 20.3. The quantitative estimate of drug-likeness (QED) is 0.289. The van der Waals surface area contributed by atoms with E-state index in [2.05, 4.69) is 10.6 Å². The fourth-order valence-corrected chi connectivity index (χ4v) is 4.87. The predicted octanol–water partition coefficient (Wildman–Crippen LogP) is 1.35. The fraction of sp³-hybridized carbons (Fsp3) is 0.759. The Morgan fingerprint density at radius 3 is 1.93 bits per heavy atom. The van der Waals surface area contributed by atoms with Crippen molar-refractivity contribution in [2.24, 2.45) is 23.5 Å². The molecule has 1 heterocycles. The molecule has 0 saturated carbocycles. The Morgan fingerprint density at radius 1 is 0.864 bits per heavy atom. The van der Waals surface area contributed by atoms with Gasteiger partial charge in [0.05, 0.1) is 6.10 Å². The molecule has 1 fully saturated rings. The van der Waals surface area contributed by atoms with Gasteiger partial charge >= 0.3 is 18.1 Å². The van der Waals surface area contributed by atoms with Gasteiger partial charge in [0.2, 0.25) is 17.7 Å². The standard InChI is InChI=1S/C29H51N7O8/c1-16(2)11-12-21(37)34(8)28(42)36(10)29(43)35(9)22(23-18(5)13-14-44-23)25(39)32-27(41)31-19(6)26(40)33(7)20(24(30)38)15-17(3)4/h16-20,22-23H,11-15H2,1-10H3,(H2,30,38)(H2,31,32,39,41)/t18-,19-,20+,22+,23-/m1/s1. The van der Waals surface area contributed by atoms with Crippen LogP contribution in [-0.4, -0.2) is 120 Å². The number of carbonyl (C=O) groups is 7. The molecule has 4 N–H and O–H groups in total. The Balaban J connectivity index is 3.05. The van der Waals surface area contributed by atoms with E-state index in [-0.39, 0.29) is 24.2 Å². The number of nitrogens with one attached hydrogen (secondary N) is 2. The number of amides is 10. The summed E-state index contributed by atoms with van der Waals surface area (Å²) in [5, 5.41) is 4.55. The summed E-state index contributed by atoms with van der Waals surface area (Å²) in [5.74, 6) is -2.49. The third kappa shape index (κ3) is 10.5. The number of imide groups is 3. The van der Waals surface area contributed by atoms with Gasteiger partial charge in [-0.1, -0.05) is 34.6 Å². The van der Waals surface area contributed by atoms with Crippen molar-refractivity contribution in [2.45, 2.75) is 91.5 Å². The number of ether oxygens (including phenoxy) is 1. The normalized spacial score (nSPS) is 18.2.